The van der Waals surface area contributed by atoms with E-state index in [4.69, 9.17) is 4.74 Å². The van der Waals surface area contributed by atoms with Gasteiger partial charge in [0.15, 0.2) is 6.10 Å². The second-order valence-electron chi connectivity index (χ2n) is 6.85. The van der Waals surface area contributed by atoms with Gasteiger partial charge in [-0.1, -0.05) is 50.1 Å². The lowest BCUT2D eigenvalue weighted by Crippen LogP contribution is -2.44. The van der Waals surface area contributed by atoms with E-state index in [9.17, 15) is 9.59 Å². The molecule has 1 N–H and O–H groups in total. The first-order valence-electron chi connectivity index (χ1n) is 9.54. The largest absolute Gasteiger partial charge is 0.479 e. The maximum Gasteiger partial charge on any atom is 0.267 e. The molecule has 1 aliphatic rings. The number of amides is 2. The Kier molecular flexibility index (Phi) is 6.12. The van der Waals surface area contributed by atoms with E-state index in [0.29, 0.717) is 24.4 Å². The molecule has 0 radical (unpaired) electrons. The van der Waals surface area contributed by atoms with Crippen LogP contribution in [-0.4, -0.2) is 24.5 Å². The molecule has 0 saturated heterocycles. The Morgan fingerprint density at radius 1 is 1.15 bits per heavy atom. The second kappa shape index (κ2) is 8.71. The molecule has 5 nitrogen and oxygen atoms in total. The Hall–Kier alpha value is -2.82. The van der Waals surface area contributed by atoms with Gasteiger partial charge in [0, 0.05) is 12.2 Å². The first-order valence-corrected chi connectivity index (χ1v) is 9.54. The molecule has 142 valence electrons. The standard InChI is InChI=1S/C22H26N2O3/c1-3-4-8-13-24-19-15-18(11-12-20(19)27-16(2)22(24)26)23-21(25)14-17-9-6-5-7-10-17/h5-7,9-12,15-16H,3-4,8,13-14H2,1-2H3,(H,23,25). The smallest absolute Gasteiger partial charge is 0.267 e. The first-order chi connectivity index (χ1) is 13.1. The van der Waals surface area contributed by atoms with Gasteiger partial charge < -0.3 is 15.0 Å². The summed E-state index contributed by atoms with van der Waals surface area (Å²) in [6.45, 7) is 4.57. The van der Waals surface area contributed by atoms with E-state index in [2.05, 4.69) is 12.2 Å². The molecule has 1 unspecified atom stereocenters. The van der Waals surface area contributed by atoms with E-state index >= 15 is 0 Å². The summed E-state index contributed by atoms with van der Waals surface area (Å²) in [7, 11) is 0. The zero-order chi connectivity index (χ0) is 19.2. The Labute approximate surface area is 160 Å². The van der Waals surface area contributed by atoms with Crippen molar-refractivity contribution in [2.75, 3.05) is 16.8 Å². The van der Waals surface area contributed by atoms with Crippen LogP contribution < -0.4 is 15.0 Å². The summed E-state index contributed by atoms with van der Waals surface area (Å²) >= 11 is 0. The number of benzene rings is 2. The highest BCUT2D eigenvalue weighted by Gasteiger charge is 2.31. The topological polar surface area (TPSA) is 58.6 Å². The van der Waals surface area contributed by atoms with Gasteiger partial charge >= 0.3 is 0 Å². The lowest BCUT2D eigenvalue weighted by Gasteiger charge is -2.33. The zero-order valence-corrected chi connectivity index (χ0v) is 15.9. The van der Waals surface area contributed by atoms with Gasteiger partial charge in [0.05, 0.1) is 12.1 Å². The number of carbonyl (C=O) groups excluding carboxylic acids is 2. The average molecular weight is 366 g/mol. The molecule has 0 aromatic heterocycles. The summed E-state index contributed by atoms with van der Waals surface area (Å²) in [5.74, 6) is 0.557. The number of anilines is 2. The lowest BCUT2D eigenvalue weighted by atomic mass is 10.1. The predicted octanol–water partition coefficient (Wildman–Crippen LogP) is 4.17. The fraction of sp³-hybridized carbons (Fsp3) is 0.364. The molecule has 2 aromatic carbocycles. The molecule has 2 amide bonds. The van der Waals surface area contributed by atoms with E-state index in [-0.39, 0.29) is 11.8 Å². The summed E-state index contributed by atoms with van der Waals surface area (Å²) in [6, 6.07) is 15.1. The van der Waals surface area contributed by atoms with Gasteiger partial charge in [0.1, 0.15) is 5.75 Å². The van der Waals surface area contributed by atoms with Crippen molar-refractivity contribution in [2.24, 2.45) is 0 Å². The Morgan fingerprint density at radius 2 is 1.93 bits per heavy atom. The molecular weight excluding hydrogens is 340 g/mol. The van der Waals surface area contributed by atoms with Crippen LogP contribution in [0.1, 0.15) is 38.7 Å². The number of hydrogen-bond donors (Lipinski definition) is 1. The van der Waals surface area contributed by atoms with Crippen molar-refractivity contribution >= 4 is 23.2 Å². The maximum absolute atomic E-state index is 12.6. The van der Waals surface area contributed by atoms with Crippen molar-refractivity contribution < 1.29 is 14.3 Å². The minimum Gasteiger partial charge on any atom is -0.479 e. The Balaban J connectivity index is 1.75. The van der Waals surface area contributed by atoms with Crippen LogP contribution in [-0.2, 0) is 16.0 Å². The number of hydrogen-bond acceptors (Lipinski definition) is 3. The van der Waals surface area contributed by atoms with Crippen LogP contribution in [0.2, 0.25) is 0 Å². The normalized spacial score (nSPS) is 15.9. The SMILES string of the molecule is CCCCCN1C(=O)C(C)Oc2ccc(NC(=O)Cc3ccccc3)cc21. The third-order valence-electron chi connectivity index (χ3n) is 4.64. The van der Waals surface area contributed by atoms with Crippen molar-refractivity contribution in [3.05, 3.63) is 54.1 Å². The van der Waals surface area contributed by atoms with Crippen molar-refractivity contribution in [2.45, 2.75) is 45.6 Å². The van der Waals surface area contributed by atoms with E-state index in [1.54, 1.807) is 11.8 Å². The number of nitrogens with zero attached hydrogens (tertiary/aromatic N) is 1. The van der Waals surface area contributed by atoms with Crippen molar-refractivity contribution in [1.29, 1.82) is 0 Å². The fourth-order valence-corrected chi connectivity index (χ4v) is 3.22. The minimum atomic E-state index is -0.488. The van der Waals surface area contributed by atoms with Crippen molar-refractivity contribution in [3.63, 3.8) is 0 Å². The molecule has 0 saturated carbocycles. The van der Waals surface area contributed by atoms with Gasteiger partial charge in [-0.05, 0) is 37.1 Å². The molecule has 1 atom stereocenters. The molecule has 2 aromatic rings. The van der Waals surface area contributed by atoms with Crippen LogP contribution in [0.3, 0.4) is 0 Å². The highest BCUT2D eigenvalue weighted by molar-refractivity contribution is 6.01. The molecule has 1 aliphatic heterocycles. The molecule has 3 rings (SSSR count). The quantitative estimate of drug-likeness (QED) is 0.748. The van der Waals surface area contributed by atoms with E-state index in [0.717, 1.165) is 30.5 Å². The van der Waals surface area contributed by atoms with Gasteiger partial charge in [0.2, 0.25) is 5.91 Å². The summed E-state index contributed by atoms with van der Waals surface area (Å²) in [5.41, 5.74) is 2.36. The van der Waals surface area contributed by atoms with Crippen LogP contribution in [0, 0.1) is 0 Å². The van der Waals surface area contributed by atoms with Crippen molar-refractivity contribution in [1.82, 2.24) is 0 Å². The summed E-state index contributed by atoms with van der Waals surface area (Å²) < 4.78 is 5.73. The van der Waals surface area contributed by atoms with E-state index < -0.39 is 6.10 Å². The molecule has 0 spiro atoms. The predicted molar refractivity (Wildman–Crippen MR) is 107 cm³/mol. The van der Waals surface area contributed by atoms with Crippen LogP contribution >= 0.6 is 0 Å². The third kappa shape index (κ3) is 4.67. The maximum atomic E-state index is 12.6. The summed E-state index contributed by atoms with van der Waals surface area (Å²) in [6.07, 6.45) is 2.93. The van der Waals surface area contributed by atoms with Gasteiger partial charge in [0.25, 0.3) is 5.91 Å². The number of ether oxygens (including phenoxy) is 1. The number of rotatable bonds is 7. The number of nitrogens with one attached hydrogen (secondary N) is 1. The second-order valence-corrected chi connectivity index (χ2v) is 6.85. The number of unbranched alkanes of at least 4 members (excludes halogenated alkanes) is 2. The van der Waals surface area contributed by atoms with Gasteiger partial charge in [-0.2, -0.15) is 0 Å². The highest BCUT2D eigenvalue weighted by Crippen LogP contribution is 2.36. The lowest BCUT2D eigenvalue weighted by molar-refractivity contribution is -0.125. The monoisotopic (exact) mass is 366 g/mol. The summed E-state index contributed by atoms with van der Waals surface area (Å²) in [4.78, 5) is 26.7. The number of fused-ring (bicyclic) bond motifs is 1. The minimum absolute atomic E-state index is 0.0358. The molecule has 0 aliphatic carbocycles. The average Bonchev–Trinajstić information content (AvgIpc) is 2.66. The van der Waals surface area contributed by atoms with Gasteiger partial charge in [-0.25, -0.2) is 0 Å². The van der Waals surface area contributed by atoms with Gasteiger partial charge in [-0.15, -0.1) is 0 Å². The van der Waals surface area contributed by atoms with Crippen LogP contribution in [0.4, 0.5) is 11.4 Å². The Bertz CT molecular complexity index is 804. The molecule has 5 heteroatoms. The van der Waals surface area contributed by atoms with Crippen LogP contribution in [0.5, 0.6) is 5.75 Å². The number of carbonyl (C=O) groups is 2. The molecular formula is C22H26N2O3. The van der Waals surface area contributed by atoms with Crippen LogP contribution in [0.25, 0.3) is 0 Å². The molecule has 27 heavy (non-hydrogen) atoms. The van der Waals surface area contributed by atoms with Gasteiger partial charge in [-0.3, -0.25) is 9.59 Å². The van der Waals surface area contributed by atoms with Crippen molar-refractivity contribution in [3.8, 4) is 5.75 Å². The van der Waals surface area contributed by atoms with E-state index in [1.165, 1.54) is 0 Å². The molecule has 0 bridgehead atoms. The molecule has 1 heterocycles. The zero-order valence-electron chi connectivity index (χ0n) is 15.9. The third-order valence-corrected chi connectivity index (χ3v) is 4.64. The molecule has 0 fully saturated rings. The first kappa shape index (κ1) is 19.0. The highest BCUT2D eigenvalue weighted by atomic mass is 16.5. The fourth-order valence-electron chi connectivity index (χ4n) is 3.22. The van der Waals surface area contributed by atoms with Crippen LogP contribution in [0.15, 0.2) is 48.5 Å². The summed E-state index contributed by atoms with van der Waals surface area (Å²) in [5, 5.41) is 2.92. The van der Waals surface area contributed by atoms with E-state index in [1.807, 2.05) is 48.5 Å². The Morgan fingerprint density at radius 3 is 2.67 bits per heavy atom.